The van der Waals surface area contributed by atoms with E-state index in [4.69, 9.17) is 5.11 Å². The molecule has 0 atom stereocenters. The van der Waals surface area contributed by atoms with E-state index in [-0.39, 0.29) is 29.1 Å². The van der Waals surface area contributed by atoms with E-state index in [9.17, 15) is 18.0 Å². The molecule has 1 N–H and O–H groups in total. The highest BCUT2D eigenvalue weighted by atomic mass is 32.2. The van der Waals surface area contributed by atoms with Gasteiger partial charge in [0, 0.05) is 12.7 Å². The first-order chi connectivity index (χ1) is 8.64. The maximum atomic E-state index is 11.7. The molecule has 0 aliphatic carbocycles. The maximum Gasteiger partial charge on any atom is 0.335 e. The second-order valence-electron chi connectivity index (χ2n) is 4.49. The zero-order valence-corrected chi connectivity index (χ0v) is 11.9. The largest absolute Gasteiger partial charge is 0.478 e. The van der Waals surface area contributed by atoms with Gasteiger partial charge in [0.2, 0.25) is 0 Å². The fourth-order valence-electron chi connectivity index (χ4n) is 1.92. The molecule has 1 aromatic carbocycles. The maximum absolute atomic E-state index is 11.7. The predicted molar refractivity (Wildman–Crippen MR) is 70.3 cm³/mol. The van der Waals surface area contributed by atoms with Crippen molar-refractivity contribution in [2.24, 2.45) is 0 Å². The number of rotatable bonds is 5. The summed E-state index contributed by atoms with van der Waals surface area (Å²) in [5.74, 6) is -1.18. The third kappa shape index (κ3) is 3.64. The lowest BCUT2D eigenvalue weighted by Crippen LogP contribution is -2.10. The van der Waals surface area contributed by atoms with Crippen molar-refractivity contribution in [1.82, 2.24) is 0 Å². The Labute approximate surface area is 112 Å². The minimum Gasteiger partial charge on any atom is -0.478 e. The van der Waals surface area contributed by atoms with Gasteiger partial charge in [0.05, 0.1) is 10.5 Å². The summed E-state index contributed by atoms with van der Waals surface area (Å²) >= 11 is 0. The van der Waals surface area contributed by atoms with E-state index >= 15 is 0 Å². The summed E-state index contributed by atoms with van der Waals surface area (Å²) in [6, 6.07) is 2.58. The van der Waals surface area contributed by atoms with Crippen LogP contribution in [0.4, 0.5) is 0 Å². The number of carboxylic acids is 1. The third-order valence-electron chi connectivity index (χ3n) is 2.91. The molecule has 5 nitrogen and oxygen atoms in total. The summed E-state index contributed by atoms with van der Waals surface area (Å²) in [5, 5.41) is 9.04. The van der Waals surface area contributed by atoms with E-state index in [1.807, 2.05) is 0 Å². The van der Waals surface area contributed by atoms with E-state index in [0.717, 1.165) is 6.26 Å². The van der Waals surface area contributed by atoms with Gasteiger partial charge in [0.15, 0.2) is 9.84 Å². The van der Waals surface area contributed by atoms with E-state index in [2.05, 4.69) is 0 Å². The van der Waals surface area contributed by atoms with Gasteiger partial charge in [-0.2, -0.15) is 0 Å². The minimum atomic E-state index is -3.45. The molecule has 19 heavy (non-hydrogen) atoms. The number of ketones is 1. The molecule has 0 spiro atoms. The molecule has 104 valence electrons. The quantitative estimate of drug-likeness (QED) is 0.887. The highest BCUT2D eigenvalue weighted by Crippen LogP contribution is 2.24. The highest BCUT2D eigenvalue weighted by Gasteiger charge is 2.19. The van der Waals surface area contributed by atoms with Gasteiger partial charge < -0.3 is 9.90 Å². The Morgan fingerprint density at radius 2 is 1.84 bits per heavy atom. The standard InChI is InChI=1S/C13H16O5S/c1-8(14)4-5-10-9(2)11(13(15)16)6-7-12(10)19(3,17)18/h6-7H,4-5H2,1-3H3,(H,15,16). The van der Waals surface area contributed by atoms with Gasteiger partial charge in [-0.15, -0.1) is 0 Å². The van der Waals surface area contributed by atoms with Gasteiger partial charge in [-0.25, -0.2) is 13.2 Å². The van der Waals surface area contributed by atoms with Crippen molar-refractivity contribution < 1.29 is 23.1 Å². The molecule has 0 amide bonds. The summed E-state index contributed by atoms with van der Waals surface area (Å²) in [6.07, 6.45) is 1.48. The molecule has 6 heteroatoms. The minimum absolute atomic E-state index is 0.0611. The Balaban J connectivity index is 3.46. The van der Waals surface area contributed by atoms with Crippen molar-refractivity contribution in [2.45, 2.75) is 31.6 Å². The molecule has 0 unspecified atom stereocenters. The summed E-state index contributed by atoms with van der Waals surface area (Å²) in [6.45, 7) is 2.98. The van der Waals surface area contributed by atoms with Gasteiger partial charge in [-0.1, -0.05) is 0 Å². The molecular formula is C13H16O5S. The molecule has 0 saturated carbocycles. The lowest BCUT2D eigenvalue weighted by Gasteiger charge is -2.13. The Bertz CT molecular complexity index is 629. The number of Topliss-reactive ketones (excluding diaryl/α,β-unsaturated/α-hetero) is 1. The lowest BCUT2D eigenvalue weighted by atomic mass is 9.98. The monoisotopic (exact) mass is 284 g/mol. The van der Waals surface area contributed by atoms with Crippen LogP contribution in [0.25, 0.3) is 0 Å². The first kappa shape index (κ1) is 15.4. The number of aromatic carboxylic acids is 1. The van der Waals surface area contributed by atoms with Crippen LogP contribution in [0, 0.1) is 6.92 Å². The van der Waals surface area contributed by atoms with Crippen molar-refractivity contribution in [3.05, 3.63) is 28.8 Å². The number of carboxylic acid groups (broad SMARTS) is 1. The van der Waals surface area contributed by atoms with E-state index in [1.165, 1.54) is 19.1 Å². The molecule has 0 aliphatic rings. The second-order valence-corrected chi connectivity index (χ2v) is 6.48. The van der Waals surface area contributed by atoms with Crippen molar-refractivity contribution in [1.29, 1.82) is 0 Å². The van der Waals surface area contributed by atoms with Crippen LogP contribution in [0.1, 0.15) is 34.8 Å². The number of benzene rings is 1. The van der Waals surface area contributed by atoms with Gasteiger partial charge in [-0.3, -0.25) is 0 Å². The molecule has 0 saturated heterocycles. The SMILES string of the molecule is CC(=O)CCc1c(S(C)(=O)=O)ccc(C(=O)O)c1C. The molecule has 0 heterocycles. The van der Waals surface area contributed by atoms with Crippen molar-refractivity contribution in [2.75, 3.05) is 6.26 Å². The predicted octanol–water partition coefficient (Wildman–Crippen LogP) is 1.62. The van der Waals surface area contributed by atoms with Gasteiger partial charge in [0.25, 0.3) is 0 Å². The molecule has 0 radical (unpaired) electrons. The Hall–Kier alpha value is -1.69. The number of hydrogen-bond acceptors (Lipinski definition) is 4. The zero-order valence-electron chi connectivity index (χ0n) is 11.1. The number of sulfone groups is 1. The second kappa shape index (κ2) is 5.52. The Morgan fingerprint density at radius 3 is 2.26 bits per heavy atom. The van der Waals surface area contributed by atoms with Gasteiger partial charge in [0.1, 0.15) is 5.78 Å². The average molecular weight is 284 g/mol. The number of carbonyl (C=O) groups is 2. The van der Waals surface area contributed by atoms with Crippen LogP contribution >= 0.6 is 0 Å². The van der Waals surface area contributed by atoms with Gasteiger partial charge in [-0.05, 0) is 43.5 Å². The van der Waals surface area contributed by atoms with Gasteiger partial charge >= 0.3 is 5.97 Å². The van der Waals surface area contributed by atoms with Crippen molar-refractivity contribution in [3.63, 3.8) is 0 Å². The molecule has 1 rings (SSSR count). The summed E-state index contributed by atoms with van der Waals surface area (Å²) in [7, 11) is -3.45. The molecule has 1 aromatic rings. The summed E-state index contributed by atoms with van der Waals surface area (Å²) in [4.78, 5) is 22.2. The highest BCUT2D eigenvalue weighted by molar-refractivity contribution is 7.90. The fourth-order valence-corrected chi connectivity index (χ4v) is 2.94. The molecule has 0 bridgehead atoms. The third-order valence-corrected chi connectivity index (χ3v) is 4.09. The Morgan fingerprint density at radius 1 is 1.26 bits per heavy atom. The van der Waals surface area contributed by atoms with E-state index in [0.29, 0.717) is 11.1 Å². The van der Waals surface area contributed by atoms with E-state index in [1.54, 1.807) is 6.92 Å². The van der Waals surface area contributed by atoms with Crippen LogP contribution in [0.5, 0.6) is 0 Å². The van der Waals surface area contributed by atoms with Crippen LogP contribution in [0.3, 0.4) is 0 Å². The fraction of sp³-hybridized carbons (Fsp3) is 0.385. The van der Waals surface area contributed by atoms with Crippen LogP contribution in [-0.4, -0.2) is 31.5 Å². The molecule has 0 aliphatic heterocycles. The molecular weight excluding hydrogens is 268 g/mol. The van der Waals surface area contributed by atoms with E-state index < -0.39 is 15.8 Å². The Kier molecular flexibility index (Phi) is 4.47. The van der Waals surface area contributed by atoms with Crippen molar-refractivity contribution in [3.8, 4) is 0 Å². The van der Waals surface area contributed by atoms with Crippen LogP contribution in [0.2, 0.25) is 0 Å². The normalized spacial score (nSPS) is 11.3. The van der Waals surface area contributed by atoms with Crippen LogP contribution in [-0.2, 0) is 21.1 Å². The molecule has 0 aromatic heterocycles. The number of carbonyl (C=O) groups excluding carboxylic acids is 1. The van der Waals surface area contributed by atoms with Crippen LogP contribution < -0.4 is 0 Å². The first-order valence-corrected chi connectivity index (χ1v) is 7.59. The smallest absolute Gasteiger partial charge is 0.335 e. The lowest BCUT2D eigenvalue weighted by molar-refractivity contribution is -0.116. The van der Waals surface area contributed by atoms with Crippen molar-refractivity contribution >= 4 is 21.6 Å². The topological polar surface area (TPSA) is 88.5 Å². The average Bonchev–Trinajstić information content (AvgIpc) is 2.24. The summed E-state index contributed by atoms with van der Waals surface area (Å²) in [5.41, 5.74) is 0.875. The van der Waals surface area contributed by atoms with Crippen LogP contribution in [0.15, 0.2) is 17.0 Å². The molecule has 0 fully saturated rings. The summed E-state index contributed by atoms with van der Waals surface area (Å²) < 4.78 is 23.4. The number of hydrogen-bond donors (Lipinski definition) is 1. The zero-order chi connectivity index (χ0) is 14.8. The first-order valence-electron chi connectivity index (χ1n) is 5.70.